The molecule has 9 heteroatoms. The van der Waals surface area contributed by atoms with Crippen LogP contribution in [0.3, 0.4) is 0 Å². The number of amides is 1. The maximum Gasteiger partial charge on any atom is 0.573 e. The number of hydrogen-bond acceptors (Lipinski definition) is 5. The minimum atomic E-state index is -4.75. The lowest BCUT2D eigenvalue weighted by molar-refractivity contribution is -0.274. The molecule has 2 aromatic rings. The quantitative estimate of drug-likeness (QED) is 0.767. The zero-order chi connectivity index (χ0) is 19.7. The highest BCUT2D eigenvalue weighted by Crippen LogP contribution is 2.38. The first-order chi connectivity index (χ1) is 13.4. The van der Waals surface area contributed by atoms with E-state index in [2.05, 4.69) is 14.9 Å². The van der Waals surface area contributed by atoms with Crippen molar-refractivity contribution >= 4 is 5.91 Å². The van der Waals surface area contributed by atoms with E-state index in [4.69, 9.17) is 4.52 Å². The van der Waals surface area contributed by atoms with Crippen LogP contribution in [0.4, 0.5) is 13.2 Å². The maximum atomic E-state index is 12.7. The molecule has 1 atom stereocenters. The van der Waals surface area contributed by atoms with Crippen LogP contribution in [0.2, 0.25) is 0 Å². The van der Waals surface area contributed by atoms with Crippen molar-refractivity contribution in [1.29, 1.82) is 0 Å². The van der Waals surface area contributed by atoms with Gasteiger partial charge in [0.15, 0.2) is 5.82 Å². The molecule has 2 heterocycles. The Morgan fingerprint density at radius 2 is 1.96 bits per heavy atom. The molecule has 1 aromatic heterocycles. The van der Waals surface area contributed by atoms with Crippen LogP contribution in [0.25, 0.3) is 0 Å². The van der Waals surface area contributed by atoms with Gasteiger partial charge in [0, 0.05) is 31.0 Å². The number of nitrogens with zero attached hydrogens (tertiary/aromatic N) is 3. The Labute approximate surface area is 159 Å². The molecule has 150 valence electrons. The molecular formula is C19H20F3N3O3. The van der Waals surface area contributed by atoms with E-state index < -0.39 is 6.36 Å². The lowest BCUT2D eigenvalue weighted by Crippen LogP contribution is -2.40. The number of aromatic nitrogens is 2. The van der Waals surface area contributed by atoms with Gasteiger partial charge in [-0.2, -0.15) is 4.98 Å². The first-order valence-electron chi connectivity index (χ1n) is 9.35. The first-order valence-corrected chi connectivity index (χ1v) is 9.35. The maximum absolute atomic E-state index is 12.7. The van der Waals surface area contributed by atoms with Crippen LogP contribution in [0.5, 0.6) is 5.75 Å². The number of carbonyl (C=O) groups excluding carboxylic acids is 1. The van der Waals surface area contributed by atoms with Crippen molar-refractivity contribution < 1.29 is 27.2 Å². The summed E-state index contributed by atoms with van der Waals surface area (Å²) in [5.74, 6) is 1.50. The summed E-state index contributed by atoms with van der Waals surface area (Å²) in [6.07, 6.45) is -0.0882. The normalized spacial score (nSPS) is 20.2. The summed E-state index contributed by atoms with van der Waals surface area (Å²) in [5.41, 5.74) is 0.337. The van der Waals surface area contributed by atoms with Crippen LogP contribution >= 0.6 is 0 Å². The van der Waals surface area contributed by atoms with Crippen LogP contribution in [-0.4, -0.2) is 40.4 Å². The van der Waals surface area contributed by atoms with E-state index in [1.807, 2.05) is 0 Å². The fraction of sp³-hybridized carbons (Fsp3) is 0.526. The van der Waals surface area contributed by atoms with Gasteiger partial charge in [0.25, 0.3) is 5.91 Å². The third kappa shape index (κ3) is 4.63. The molecule has 2 fully saturated rings. The lowest BCUT2D eigenvalue weighted by atomic mass is 9.94. The molecular weight excluding hydrogens is 375 g/mol. The molecule has 0 spiro atoms. The average Bonchev–Trinajstić information content (AvgIpc) is 3.40. The highest BCUT2D eigenvalue weighted by molar-refractivity contribution is 5.94. The number of likely N-dealkylation sites (tertiary alicyclic amines) is 1. The summed E-state index contributed by atoms with van der Waals surface area (Å²) in [5, 5.41) is 4.02. The van der Waals surface area contributed by atoms with Crippen molar-refractivity contribution in [1.82, 2.24) is 15.0 Å². The third-order valence-corrected chi connectivity index (χ3v) is 5.03. The van der Waals surface area contributed by atoms with E-state index in [0.29, 0.717) is 36.9 Å². The molecule has 0 bridgehead atoms. The molecule has 1 saturated carbocycles. The van der Waals surface area contributed by atoms with Gasteiger partial charge in [-0.3, -0.25) is 4.79 Å². The fourth-order valence-corrected chi connectivity index (χ4v) is 3.50. The summed E-state index contributed by atoms with van der Waals surface area (Å²) in [4.78, 5) is 18.9. The number of piperidine rings is 1. The summed E-state index contributed by atoms with van der Waals surface area (Å²) in [6, 6.07) is 5.01. The molecule has 4 rings (SSSR count). The largest absolute Gasteiger partial charge is 0.573 e. The Morgan fingerprint density at radius 1 is 1.21 bits per heavy atom. The monoisotopic (exact) mass is 395 g/mol. The molecule has 1 aliphatic carbocycles. The Kier molecular flexibility index (Phi) is 4.99. The van der Waals surface area contributed by atoms with Gasteiger partial charge in [-0.25, -0.2) is 0 Å². The number of alkyl halides is 3. The van der Waals surface area contributed by atoms with Gasteiger partial charge in [0.2, 0.25) is 5.89 Å². The Bertz CT molecular complexity index is 831. The van der Waals surface area contributed by atoms with E-state index in [0.717, 1.165) is 43.6 Å². The van der Waals surface area contributed by atoms with E-state index in [-0.39, 0.29) is 17.6 Å². The smallest absolute Gasteiger partial charge is 0.406 e. The first kappa shape index (κ1) is 18.8. The van der Waals surface area contributed by atoms with Crippen molar-refractivity contribution in [3.05, 3.63) is 41.5 Å². The van der Waals surface area contributed by atoms with E-state index in [1.54, 1.807) is 4.90 Å². The zero-order valence-corrected chi connectivity index (χ0v) is 15.1. The van der Waals surface area contributed by atoms with Crippen molar-refractivity contribution in [2.24, 2.45) is 5.92 Å². The predicted molar refractivity (Wildman–Crippen MR) is 91.7 cm³/mol. The van der Waals surface area contributed by atoms with Crippen LogP contribution < -0.4 is 4.74 Å². The number of carbonyl (C=O) groups is 1. The number of benzene rings is 1. The number of hydrogen-bond donors (Lipinski definition) is 0. The molecule has 0 radical (unpaired) electrons. The van der Waals surface area contributed by atoms with E-state index in [9.17, 15) is 18.0 Å². The van der Waals surface area contributed by atoms with Gasteiger partial charge in [0.05, 0.1) is 0 Å². The van der Waals surface area contributed by atoms with E-state index in [1.165, 1.54) is 12.1 Å². The summed E-state index contributed by atoms with van der Waals surface area (Å²) in [7, 11) is 0. The van der Waals surface area contributed by atoms with Gasteiger partial charge < -0.3 is 14.2 Å². The van der Waals surface area contributed by atoms with Crippen molar-refractivity contribution in [2.45, 2.75) is 44.4 Å². The van der Waals surface area contributed by atoms with Crippen LogP contribution in [0.15, 0.2) is 28.8 Å². The molecule has 1 saturated heterocycles. The molecule has 1 aromatic carbocycles. The number of rotatable bonds is 5. The van der Waals surface area contributed by atoms with Gasteiger partial charge >= 0.3 is 6.36 Å². The predicted octanol–water partition coefficient (Wildman–Crippen LogP) is 3.94. The molecule has 28 heavy (non-hydrogen) atoms. The zero-order valence-electron chi connectivity index (χ0n) is 15.1. The second kappa shape index (κ2) is 7.44. The molecule has 2 aliphatic rings. The van der Waals surface area contributed by atoms with Crippen molar-refractivity contribution in [3.63, 3.8) is 0 Å². The van der Waals surface area contributed by atoms with Crippen LogP contribution in [0, 0.1) is 5.92 Å². The molecule has 1 aliphatic heterocycles. The Balaban J connectivity index is 1.35. The second-order valence-corrected chi connectivity index (χ2v) is 7.36. The molecule has 1 unspecified atom stereocenters. The second-order valence-electron chi connectivity index (χ2n) is 7.36. The molecule has 0 N–H and O–H groups in total. The average molecular weight is 395 g/mol. The topological polar surface area (TPSA) is 68.5 Å². The van der Waals surface area contributed by atoms with Crippen molar-refractivity contribution in [3.8, 4) is 5.75 Å². The van der Waals surface area contributed by atoms with Crippen LogP contribution in [-0.2, 0) is 6.42 Å². The highest BCUT2D eigenvalue weighted by Gasteiger charge is 2.32. The number of halogens is 3. The molecule has 1 amide bonds. The minimum absolute atomic E-state index is 0.201. The van der Waals surface area contributed by atoms with Gasteiger partial charge in [-0.1, -0.05) is 5.16 Å². The van der Waals surface area contributed by atoms with Crippen LogP contribution in [0.1, 0.15) is 53.7 Å². The number of ether oxygens (including phenoxy) is 1. The summed E-state index contributed by atoms with van der Waals surface area (Å²) < 4.78 is 45.9. The summed E-state index contributed by atoms with van der Waals surface area (Å²) >= 11 is 0. The van der Waals surface area contributed by atoms with Crippen molar-refractivity contribution in [2.75, 3.05) is 13.1 Å². The standard InChI is InChI=1S/C19H20F3N3O3/c20-19(21,22)27-15-7-5-14(6-8-15)18(26)25-9-1-2-12(11-25)10-16-23-17(24-28-16)13-3-4-13/h5-8,12-13H,1-4,9-11H2. The summed E-state index contributed by atoms with van der Waals surface area (Å²) in [6.45, 7) is 1.17. The van der Waals surface area contributed by atoms with Gasteiger partial charge in [-0.05, 0) is 55.9 Å². The SMILES string of the molecule is O=C(c1ccc(OC(F)(F)F)cc1)N1CCCC(Cc2nc(C3CC3)no2)C1. The Hall–Kier alpha value is -2.58. The van der Waals surface area contributed by atoms with Gasteiger partial charge in [-0.15, -0.1) is 13.2 Å². The van der Waals surface area contributed by atoms with E-state index >= 15 is 0 Å². The Morgan fingerprint density at radius 3 is 2.64 bits per heavy atom. The minimum Gasteiger partial charge on any atom is -0.406 e. The van der Waals surface area contributed by atoms with Gasteiger partial charge in [0.1, 0.15) is 5.75 Å². The molecule has 6 nitrogen and oxygen atoms in total. The lowest BCUT2D eigenvalue weighted by Gasteiger charge is -2.32. The highest BCUT2D eigenvalue weighted by atomic mass is 19.4. The fourth-order valence-electron chi connectivity index (χ4n) is 3.50. The third-order valence-electron chi connectivity index (χ3n) is 5.03.